The number of nitrogens with one attached hydrogen (secondary N) is 1. The van der Waals surface area contributed by atoms with E-state index in [1.54, 1.807) is 11.1 Å². The van der Waals surface area contributed by atoms with E-state index in [-0.39, 0.29) is 0 Å². The summed E-state index contributed by atoms with van der Waals surface area (Å²) in [5, 5.41) is 3.40. The van der Waals surface area contributed by atoms with Crippen LogP contribution < -0.4 is 5.32 Å². The standard InChI is InChI=1S/C16H23NO/c1-2-15-5-4-14(10-16(15)3-1)12-18-9-7-13-6-8-17-11-13/h4-5,10,13,17H,1-3,6-9,11-12H2. The van der Waals surface area contributed by atoms with E-state index in [0.717, 1.165) is 19.1 Å². The highest BCUT2D eigenvalue weighted by Crippen LogP contribution is 2.23. The van der Waals surface area contributed by atoms with Crippen LogP contribution in [0.3, 0.4) is 0 Å². The van der Waals surface area contributed by atoms with E-state index in [2.05, 4.69) is 23.5 Å². The van der Waals surface area contributed by atoms with Gasteiger partial charge in [0.25, 0.3) is 0 Å². The normalized spacial score (nSPS) is 22.3. The maximum Gasteiger partial charge on any atom is 0.0716 e. The SMILES string of the molecule is c1cc2c(cc1COCCC1CCNC1)CCC2. The van der Waals surface area contributed by atoms with Gasteiger partial charge >= 0.3 is 0 Å². The third-order valence-corrected chi connectivity index (χ3v) is 4.26. The van der Waals surface area contributed by atoms with Crippen LogP contribution in [0.4, 0.5) is 0 Å². The molecule has 3 rings (SSSR count). The molecule has 2 nitrogen and oxygen atoms in total. The molecule has 1 atom stereocenters. The fraction of sp³-hybridized carbons (Fsp3) is 0.625. The molecule has 0 amide bonds. The minimum atomic E-state index is 0.785. The predicted molar refractivity (Wildman–Crippen MR) is 73.7 cm³/mol. The predicted octanol–water partition coefficient (Wildman–Crippen LogP) is 2.69. The fourth-order valence-electron chi connectivity index (χ4n) is 3.12. The number of fused-ring (bicyclic) bond motifs is 1. The van der Waals surface area contributed by atoms with Gasteiger partial charge in [-0.05, 0) is 67.8 Å². The summed E-state index contributed by atoms with van der Waals surface area (Å²) in [6.45, 7) is 4.06. The first kappa shape index (κ1) is 12.2. The molecule has 18 heavy (non-hydrogen) atoms. The number of hydrogen-bond donors (Lipinski definition) is 1. The van der Waals surface area contributed by atoms with Crippen molar-refractivity contribution in [2.24, 2.45) is 5.92 Å². The topological polar surface area (TPSA) is 21.3 Å². The lowest BCUT2D eigenvalue weighted by Gasteiger charge is -2.09. The van der Waals surface area contributed by atoms with Crippen LogP contribution >= 0.6 is 0 Å². The Morgan fingerprint density at radius 2 is 2.17 bits per heavy atom. The zero-order chi connectivity index (χ0) is 12.2. The second kappa shape index (κ2) is 5.85. The van der Waals surface area contributed by atoms with E-state index < -0.39 is 0 Å². The summed E-state index contributed by atoms with van der Waals surface area (Å²) in [7, 11) is 0. The van der Waals surface area contributed by atoms with Crippen molar-refractivity contribution < 1.29 is 4.74 Å². The Morgan fingerprint density at radius 3 is 3.06 bits per heavy atom. The van der Waals surface area contributed by atoms with E-state index in [9.17, 15) is 0 Å². The lowest BCUT2D eigenvalue weighted by atomic mass is 10.1. The van der Waals surface area contributed by atoms with Crippen LogP contribution in [0.2, 0.25) is 0 Å². The molecule has 1 heterocycles. The Bertz CT molecular complexity index is 396. The van der Waals surface area contributed by atoms with Gasteiger partial charge in [0.15, 0.2) is 0 Å². The molecule has 0 saturated carbocycles. The molecular formula is C16H23NO. The molecule has 1 aromatic rings. The molecule has 1 aliphatic carbocycles. The summed E-state index contributed by atoms with van der Waals surface area (Å²) in [5.41, 5.74) is 4.45. The zero-order valence-electron chi connectivity index (χ0n) is 11.1. The Kier molecular flexibility index (Phi) is 3.96. The van der Waals surface area contributed by atoms with Crippen LogP contribution in [0.15, 0.2) is 18.2 Å². The Hall–Kier alpha value is -0.860. The Balaban J connectivity index is 1.42. The van der Waals surface area contributed by atoms with Gasteiger partial charge in [-0.3, -0.25) is 0 Å². The molecule has 0 aromatic heterocycles. The summed E-state index contributed by atoms with van der Waals surface area (Å²) >= 11 is 0. The smallest absolute Gasteiger partial charge is 0.0716 e. The number of aryl methyl sites for hydroxylation is 2. The van der Waals surface area contributed by atoms with Crippen LogP contribution in [-0.2, 0) is 24.2 Å². The maximum absolute atomic E-state index is 5.81. The van der Waals surface area contributed by atoms with Gasteiger partial charge in [-0.2, -0.15) is 0 Å². The van der Waals surface area contributed by atoms with Crippen molar-refractivity contribution in [3.05, 3.63) is 34.9 Å². The minimum Gasteiger partial charge on any atom is -0.377 e. The molecular weight excluding hydrogens is 222 g/mol. The first-order chi connectivity index (χ1) is 8.92. The van der Waals surface area contributed by atoms with Gasteiger partial charge in [-0.15, -0.1) is 0 Å². The molecule has 0 radical (unpaired) electrons. The highest BCUT2D eigenvalue weighted by molar-refractivity contribution is 5.34. The molecule has 2 heteroatoms. The third-order valence-electron chi connectivity index (χ3n) is 4.26. The number of rotatable bonds is 5. The van der Waals surface area contributed by atoms with Crippen LogP contribution in [0, 0.1) is 5.92 Å². The van der Waals surface area contributed by atoms with E-state index in [0.29, 0.717) is 0 Å². The largest absolute Gasteiger partial charge is 0.377 e. The molecule has 1 N–H and O–H groups in total. The minimum absolute atomic E-state index is 0.785. The number of hydrogen-bond acceptors (Lipinski definition) is 2. The summed E-state index contributed by atoms with van der Waals surface area (Å²) in [4.78, 5) is 0. The molecule has 98 valence electrons. The van der Waals surface area contributed by atoms with Gasteiger partial charge in [-0.25, -0.2) is 0 Å². The van der Waals surface area contributed by atoms with E-state index >= 15 is 0 Å². The van der Waals surface area contributed by atoms with Crippen molar-refractivity contribution in [1.82, 2.24) is 5.32 Å². The van der Waals surface area contributed by atoms with Gasteiger partial charge in [0.2, 0.25) is 0 Å². The summed E-state index contributed by atoms with van der Waals surface area (Å²) in [6, 6.07) is 6.88. The van der Waals surface area contributed by atoms with Crippen LogP contribution in [0.1, 0.15) is 36.0 Å². The van der Waals surface area contributed by atoms with Gasteiger partial charge < -0.3 is 10.1 Å². The Labute approximate surface area is 110 Å². The molecule has 0 bridgehead atoms. The molecule has 1 unspecified atom stereocenters. The number of benzene rings is 1. The second-order valence-electron chi connectivity index (χ2n) is 5.66. The van der Waals surface area contributed by atoms with E-state index in [1.807, 2.05) is 0 Å². The van der Waals surface area contributed by atoms with E-state index in [1.165, 1.54) is 50.8 Å². The van der Waals surface area contributed by atoms with Gasteiger partial charge in [0.05, 0.1) is 6.61 Å². The quantitative estimate of drug-likeness (QED) is 0.805. The lowest BCUT2D eigenvalue weighted by Crippen LogP contribution is -2.10. The molecule has 2 aliphatic rings. The van der Waals surface area contributed by atoms with Gasteiger partial charge in [-0.1, -0.05) is 18.2 Å². The molecule has 1 saturated heterocycles. The van der Waals surface area contributed by atoms with Crippen molar-refractivity contribution in [2.75, 3.05) is 19.7 Å². The van der Waals surface area contributed by atoms with E-state index in [4.69, 9.17) is 4.74 Å². The summed E-state index contributed by atoms with van der Waals surface area (Å²) < 4.78 is 5.81. The molecule has 0 spiro atoms. The van der Waals surface area contributed by atoms with Crippen molar-refractivity contribution in [2.45, 2.75) is 38.7 Å². The highest BCUT2D eigenvalue weighted by Gasteiger charge is 2.14. The number of ether oxygens (including phenoxy) is 1. The van der Waals surface area contributed by atoms with Crippen molar-refractivity contribution in [3.8, 4) is 0 Å². The third kappa shape index (κ3) is 2.93. The van der Waals surface area contributed by atoms with Gasteiger partial charge in [0, 0.05) is 6.61 Å². The fourth-order valence-corrected chi connectivity index (χ4v) is 3.12. The summed E-state index contributed by atoms with van der Waals surface area (Å²) in [6.07, 6.45) is 6.39. The maximum atomic E-state index is 5.81. The van der Waals surface area contributed by atoms with Crippen LogP contribution in [-0.4, -0.2) is 19.7 Å². The van der Waals surface area contributed by atoms with Crippen molar-refractivity contribution in [3.63, 3.8) is 0 Å². The zero-order valence-corrected chi connectivity index (χ0v) is 11.1. The lowest BCUT2D eigenvalue weighted by molar-refractivity contribution is 0.109. The second-order valence-corrected chi connectivity index (χ2v) is 5.66. The van der Waals surface area contributed by atoms with Crippen molar-refractivity contribution in [1.29, 1.82) is 0 Å². The van der Waals surface area contributed by atoms with Crippen molar-refractivity contribution >= 4 is 0 Å². The molecule has 1 aromatic carbocycles. The average Bonchev–Trinajstić information content (AvgIpc) is 3.05. The van der Waals surface area contributed by atoms with Crippen LogP contribution in [0.5, 0.6) is 0 Å². The molecule has 1 aliphatic heterocycles. The highest BCUT2D eigenvalue weighted by atomic mass is 16.5. The van der Waals surface area contributed by atoms with Gasteiger partial charge in [0.1, 0.15) is 0 Å². The summed E-state index contributed by atoms with van der Waals surface area (Å²) in [5.74, 6) is 0.838. The monoisotopic (exact) mass is 245 g/mol. The van der Waals surface area contributed by atoms with Crippen LogP contribution in [0.25, 0.3) is 0 Å². The first-order valence-electron chi connectivity index (χ1n) is 7.31. The Morgan fingerprint density at radius 1 is 1.22 bits per heavy atom. The first-order valence-corrected chi connectivity index (χ1v) is 7.31. The molecule has 1 fully saturated rings. The average molecular weight is 245 g/mol.